The number of nitrogens with zero attached hydrogens (tertiary/aromatic N) is 1. The van der Waals surface area contributed by atoms with Crippen molar-refractivity contribution in [2.45, 2.75) is 67.2 Å². The maximum absolute atomic E-state index is 13.9. The van der Waals surface area contributed by atoms with Crippen molar-refractivity contribution in [1.82, 2.24) is 4.98 Å². The van der Waals surface area contributed by atoms with Gasteiger partial charge in [-0.1, -0.05) is 95.0 Å². The normalized spacial score (nSPS) is 12.1. The van der Waals surface area contributed by atoms with Crippen LogP contribution in [0.1, 0.15) is 67.2 Å². The second-order valence-corrected chi connectivity index (χ2v) is 11.5. The van der Waals surface area contributed by atoms with Gasteiger partial charge in [-0.25, -0.2) is 4.39 Å². The van der Waals surface area contributed by atoms with E-state index in [1.54, 1.807) is 12.1 Å². The molecule has 1 aromatic heterocycles. The predicted molar refractivity (Wildman–Crippen MR) is 174 cm³/mol. The van der Waals surface area contributed by atoms with E-state index in [1.165, 1.54) is 22.9 Å². The summed E-state index contributed by atoms with van der Waals surface area (Å²) in [6, 6.07) is 26.7. The molecule has 3 nitrogen and oxygen atoms in total. The number of aliphatic hydroxyl groups excluding tert-OH is 1. The van der Waals surface area contributed by atoms with E-state index >= 15 is 0 Å². The number of fused-ring (bicyclic) bond motifs is 4. The van der Waals surface area contributed by atoms with Crippen molar-refractivity contribution in [3.63, 3.8) is 0 Å². The molecule has 5 heteroatoms. The van der Waals surface area contributed by atoms with Gasteiger partial charge in [-0.15, -0.1) is 29.7 Å². The van der Waals surface area contributed by atoms with Gasteiger partial charge in [0.15, 0.2) is 5.78 Å². The van der Waals surface area contributed by atoms with Gasteiger partial charge in [0.25, 0.3) is 0 Å². The molecule has 0 aliphatic heterocycles. The molecule has 1 N–H and O–H groups in total. The van der Waals surface area contributed by atoms with Crippen LogP contribution in [-0.4, -0.2) is 15.9 Å². The molecule has 0 aliphatic carbocycles. The quantitative estimate of drug-likeness (QED) is 0.0743. The smallest absolute Gasteiger partial charge is 0.164 e. The summed E-state index contributed by atoms with van der Waals surface area (Å²) in [7, 11) is 0. The number of aromatic nitrogens is 1. The Balaban J connectivity index is 0.000000250. The molecular weight excluding hydrogens is 714 g/mol. The molecule has 227 valence electrons. The standard InChI is InChI=1S/C23H13FN.C15H28O2.Ir/c24-22-7-3-5-16-14-17(9-10-19(16)22)23-21-11-8-15-4-1-2-6-18(15)20(21)12-13-25-23;1-7-14(5,8-2)12(16)11-13(17)15(6,9-3)10-4;/h1-13H;11,16H,7-10H2,1-6H3;/q-1;;/b;12-11-;. The van der Waals surface area contributed by atoms with Crippen molar-refractivity contribution in [3.05, 3.63) is 103 Å². The maximum atomic E-state index is 13.9. The van der Waals surface area contributed by atoms with E-state index in [1.807, 2.05) is 78.1 Å². The van der Waals surface area contributed by atoms with Crippen LogP contribution in [0.15, 0.2) is 90.8 Å². The van der Waals surface area contributed by atoms with E-state index in [9.17, 15) is 14.3 Å². The molecule has 0 aliphatic rings. The Morgan fingerprint density at radius 2 is 1.44 bits per heavy atom. The minimum atomic E-state index is -0.337. The molecule has 0 spiro atoms. The van der Waals surface area contributed by atoms with Gasteiger partial charge in [0.05, 0.1) is 5.82 Å². The van der Waals surface area contributed by atoms with Gasteiger partial charge in [-0.3, -0.25) is 9.78 Å². The summed E-state index contributed by atoms with van der Waals surface area (Å²) in [4.78, 5) is 16.8. The number of allylic oxidation sites excluding steroid dienone is 2. The minimum Gasteiger partial charge on any atom is -0.512 e. The van der Waals surface area contributed by atoms with Gasteiger partial charge in [-0.05, 0) is 59.4 Å². The monoisotopic (exact) mass is 755 g/mol. The third-order valence-corrected chi connectivity index (χ3v) is 9.27. The SMILES string of the molecule is CCC(C)(CC)C(=O)/C=C(\O)C(C)(CC)CC.Fc1cccc2[c-]c(-c3nccc4c3ccc3ccccc34)ccc12.[Ir]. The first-order valence-electron chi connectivity index (χ1n) is 14.9. The fourth-order valence-corrected chi connectivity index (χ4v) is 5.14. The topological polar surface area (TPSA) is 50.2 Å². The molecule has 5 rings (SSSR count). The van der Waals surface area contributed by atoms with E-state index in [0.717, 1.165) is 53.1 Å². The fraction of sp³-hybridized carbons (Fsp3) is 0.316. The second-order valence-electron chi connectivity index (χ2n) is 11.5. The van der Waals surface area contributed by atoms with Crippen molar-refractivity contribution >= 4 is 38.1 Å². The molecule has 0 bridgehead atoms. The molecule has 5 aromatic rings. The number of hydrogen-bond acceptors (Lipinski definition) is 3. The van der Waals surface area contributed by atoms with E-state index < -0.39 is 0 Å². The summed E-state index contributed by atoms with van der Waals surface area (Å²) in [5, 5.41) is 16.1. The Bertz CT molecular complexity index is 1750. The number of ketones is 1. The maximum Gasteiger partial charge on any atom is 0.164 e. The number of halogens is 1. The molecule has 0 amide bonds. The second kappa shape index (κ2) is 14.4. The summed E-state index contributed by atoms with van der Waals surface area (Å²) in [6.07, 6.45) is 6.58. The molecule has 0 saturated heterocycles. The van der Waals surface area contributed by atoms with Crippen molar-refractivity contribution in [3.8, 4) is 11.3 Å². The molecule has 1 heterocycles. The number of aliphatic hydroxyl groups is 1. The third kappa shape index (κ3) is 7.06. The van der Waals surface area contributed by atoms with Gasteiger partial charge < -0.3 is 5.11 Å². The zero-order valence-electron chi connectivity index (χ0n) is 25.9. The molecule has 4 aromatic carbocycles. The summed E-state index contributed by atoms with van der Waals surface area (Å²) in [5.74, 6) is 0.0610. The minimum absolute atomic E-state index is 0. The summed E-state index contributed by atoms with van der Waals surface area (Å²) >= 11 is 0. The van der Waals surface area contributed by atoms with Crippen molar-refractivity contribution in [2.75, 3.05) is 0 Å². The Morgan fingerprint density at radius 1 is 0.791 bits per heavy atom. The van der Waals surface area contributed by atoms with E-state index in [0.29, 0.717) is 5.39 Å². The summed E-state index contributed by atoms with van der Waals surface area (Å²) < 4.78 is 13.9. The number of hydrogen-bond donors (Lipinski definition) is 1. The van der Waals surface area contributed by atoms with Crippen molar-refractivity contribution in [1.29, 1.82) is 0 Å². The molecule has 0 saturated carbocycles. The molecule has 43 heavy (non-hydrogen) atoms. The Kier molecular flexibility index (Phi) is 11.4. The van der Waals surface area contributed by atoms with E-state index in [2.05, 4.69) is 35.3 Å². The average Bonchev–Trinajstić information content (AvgIpc) is 3.03. The fourth-order valence-electron chi connectivity index (χ4n) is 5.14. The van der Waals surface area contributed by atoms with Crippen LogP contribution in [-0.2, 0) is 24.9 Å². The van der Waals surface area contributed by atoms with E-state index in [-0.39, 0.29) is 48.3 Å². The van der Waals surface area contributed by atoms with Crippen molar-refractivity contribution < 1.29 is 34.4 Å². The first-order chi connectivity index (χ1) is 20.1. The average molecular weight is 755 g/mol. The Morgan fingerprint density at radius 3 is 2.12 bits per heavy atom. The van der Waals surface area contributed by atoms with Crippen LogP contribution >= 0.6 is 0 Å². The molecule has 1 radical (unpaired) electrons. The number of carbonyl (C=O) groups excluding carboxylic acids is 1. The van der Waals surface area contributed by atoms with Gasteiger partial charge in [0.1, 0.15) is 5.76 Å². The zero-order chi connectivity index (χ0) is 30.5. The number of benzene rings is 4. The molecule has 0 unspecified atom stereocenters. The van der Waals surface area contributed by atoms with Crippen LogP contribution in [0.2, 0.25) is 0 Å². The molecule has 0 atom stereocenters. The number of rotatable bonds is 8. The molecular formula is C38H41FIrNO2-. The van der Waals surface area contributed by atoms with Crippen LogP contribution in [0.3, 0.4) is 0 Å². The summed E-state index contributed by atoms with van der Waals surface area (Å²) in [5.41, 5.74) is 1.14. The van der Waals surface area contributed by atoms with E-state index in [4.69, 9.17) is 0 Å². The van der Waals surface area contributed by atoms with Gasteiger partial charge in [-0.2, -0.15) is 0 Å². The Labute approximate surface area is 268 Å². The van der Waals surface area contributed by atoms with Crippen molar-refractivity contribution in [2.24, 2.45) is 10.8 Å². The first-order valence-corrected chi connectivity index (χ1v) is 14.9. The van der Waals surface area contributed by atoms with Gasteiger partial charge in [0, 0.05) is 48.9 Å². The third-order valence-electron chi connectivity index (χ3n) is 9.27. The first kappa shape index (κ1) is 34.1. The molecule has 0 fully saturated rings. The van der Waals surface area contributed by atoms with Crippen LogP contribution < -0.4 is 0 Å². The Hall–Kier alpha value is -3.40. The number of carbonyl (C=O) groups is 1. The number of pyridine rings is 1. The van der Waals surface area contributed by atoms with Crippen LogP contribution in [0.4, 0.5) is 4.39 Å². The van der Waals surface area contributed by atoms with Gasteiger partial charge in [0.2, 0.25) is 0 Å². The largest absolute Gasteiger partial charge is 0.512 e. The summed E-state index contributed by atoms with van der Waals surface area (Å²) in [6.45, 7) is 12.1. The van der Waals surface area contributed by atoms with Crippen LogP contribution in [0.5, 0.6) is 0 Å². The van der Waals surface area contributed by atoms with Gasteiger partial charge >= 0.3 is 0 Å². The predicted octanol–water partition coefficient (Wildman–Crippen LogP) is 10.8. The van der Waals surface area contributed by atoms with Crippen LogP contribution in [0.25, 0.3) is 43.6 Å². The van der Waals surface area contributed by atoms with Crippen LogP contribution in [0, 0.1) is 22.7 Å². The zero-order valence-corrected chi connectivity index (χ0v) is 28.3.